The molecule has 0 radical (unpaired) electrons. The molecule has 3 rings (SSSR count). The number of amides is 1. The van der Waals surface area contributed by atoms with Crippen LogP contribution in [0.5, 0.6) is 0 Å². The minimum atomic E-state index is -0.149. The molecule has 1 aliphatic rings. The van der Waals surface area contributed by atoms with Gasteiger partial charge in [-0.1, -0.05) is 6.92 Å². The summed E-state index contributed by atoms with van der Waals surface area (Å²) in [5, 5.41) is 0. The molecule has 1 amide bonds. The molecule has 23 heavy (non-hydrogen) atoms. The topological polar surface area (TPSA) is 71.3 Å². The first-order valence-electron chi connectivity index (χ1n) is 7.96. The van der Waals surface area contributed by atoms with Crippen molar-refractivity contribution in [3.05, 3.63) is 28.7 Å². The second-order valence-electron chi connectivity index (χ2n) is 5.76. The molecule has 1 fully saturated rings. The molecule has 7 heteroatoms. The summed E-state index contributed by atoms with van der Waals surface area (Å²) >= 11 is 0. The molecule has 122 valence electrons. The predicted octanol–water partition coefficient (Wildman–Crippen LogP) is 0.777. The van der Waals surface area contributed by atoms with Gasteiger partial charge >= 0.3 is 0 Å². The number of aromatic nitrogens is 3. The number of aryl methyl sites for hydroxylation is 1. The van der Waals surface area contributed by atoms with E-state index in [1.54, 1.807) is 13.2 Å². The number of nitrogens with zero attached hydrogens (tertiary/aromatic N) is 5. The number of fused-ring (bicyclic) bond motifs is 1. The number of piperazine rings is 1. The number of pyridine rings is 1. The predicted molar refractivity (Wildman–Crippen MR) is 88.5 cm³/mol. The monoisotopic (exact) mass is 315 g/mol. The normalized spacial score (nSPS) is 15.2. The lowest BCUT2D eigenvalue weighted by molar-refractivity contribution is -0.131. The van der Waals surface area contributed by atoms with Gasteiger partial charge in [-0.2, -0.15) is 0 Å². The summed E-state index contributed by atoms with van der Waals surface area (Å²) < 4.78 is 1.53. The lowest BCUT2D eigenvalue weighted by Gasteiger charge is -2.35. The Bertz CT molecular complexity index is 778. The molecule has 0 spiro atoms. The number of carbonyl (C=O) groups excluding carboxylic acids is 1. The third-order valence-electron chi connectivity index (χ3n) is 4.20. The van der Waals surface area contributed by atoms with Crippen LogP contribution in [-0.2, 0) is 11.8 Å². The summed E-state index contributed by atoms with van der Waals surface area (Å²) in [4.78, 5) is 37.0. The summed E-state index contributed by atoms with van der Waals surface area (Å²) in [6, 6.07) is 3.66. The van der Waals surface area contributed by atoms with E-state index in [0.717, 1.165) is 6.42 Å². The largest absolute Gasteiger partial charge is 0.348 e. The second kappa shape index (κ2) is 6.36. The molecular weight excluding hydrogens is 294 g/mol. The number of anilines is 1. The molecule has 2 aromatic rings. The first-order valence-corrected chi connectivity index (χ1v) is 7.96. The number of rotatable bonds is 3. The molecule has 0 N–H and O–H groups in total. The maximum atomic E-state index is 12.5. The van der Waals surface area contributed by atoms with E-state index < -0.39 is 0 Å². The summed E-state index contributed by atoms with van der Waals surface area (Å²) in [6.07, 6.45) is 3.10. The van der Waals surface area contributed by atoms with Gasteiger partial charge in [0.25, 0.3) is 5.56 Å². The van der Waals surface area contributed by atoms with Crippen LogP contribution in [-0.4, -0.2) is 51.5 Å². The maximum Gasteiger partial charge on any atom is 0.294 e. The number of hydrogen-bond donors (Lipinski definition) is 0. The summed E-state index contributed by atoms with van der Waals surface area (Å²) in [6.45, 7) is 4.53. The maximum absolute atomic E-state index is 12.5. The average Bonchev–Trinajstić information content (AvgIpc) is 2.58. The molecule has 0 aromatic carbocycles. The molecule has 0 atom stereocenters. The lowest BCUT2D eigenvalue weighted by Crippen LogP contribution is -2.50. The lowest BCUT2D eigenvalue weighted by atomic mass is 10.2. The summed E-state index contributed by atoms with van der Waals surface area (Å²) in [5.41, 5.74) is 1.14. The van der Waals surface area contributed by atoms with Gasteiger partial charge in [-0.05, 0) is 18.6 Å². The van der Waals surface area contributed by atoms with Crippen molar-refractivity contribution < 1.29 is 4.79 Å². The minimum absolute atomic E-state index is 0.149. The van der Waals surface area contributed by atoms with Crippen molar-refractivity contribution in [1.29, 1.82) is 0 Å². The fraction of sp³-hybridized carbons (Fsp3) is 0.500. The highest BCUT2D eigenvalue weighted by atomic mass is 16.2. The van der Waals surface area contributed by atoms with Crippen molar-refractivity contribution in [1.82, 2.24) is 19.4 Å². The Morgan fingerprint density at radius 1 is 1.26 bits per heavy atom. The Labute approximate surface area is 134 Å². The van der Waals surface area contributed by atoms with E-state index in [1.165, 1.54) is 4.57 Å². The Hall–Kier alpha value is -2.44. The zero-order chi connectivity index (χ0) is 16.4. The van der Waals surface area contributed by atoms with Crippen LogP contribution >= 0.6 is 0 Å². The van der Waals surface area contributed by atoms with E-state index in [-0.39, 0.29) is 11.5 Å². The fourth-order valence-electron chi connectivity index (χ4n) is 2.89. The standard InChI is InChI=1S/C16H21N5O2/c1-3-5-13(22)20-8-10-21(11-9-20)15-16(23)19(2)14-12(18-15)6-4-7-17-14/h4,6-7H,3,5,8-11H2,1-2H3. The van der Waals surface area contributed by atoms with Gasteiger partial charge < -0.3 is 9.80 Å². The van der Waals surface area contributed by atoms with Crippen LogP contribution in [0.3, 0.4) is 0 Å². The molecule has 2 aromatic heterocycles. The van der Waals surface area contributed by atoms with Crippen molar-refractivity contribution in [2.24, 2.45) is 7.05 Å². The van der Waals surface area contributed by atoms with Gasteiger partial charge in [-0.15, -0.1) is 0 Å². The first kappa shape index (κ1) is 15.5. The van der Waals surface area contributed by atoms with Crippen LogP contribution < -0.4 is 10.5 Å². The van der Waals surface area contributed by atoms with E-state index in [4.69, 9.17) is 0 Å². The zero-order valence-corrected chi connectivity index (χ0v) is 13.5. The smallest absolute Gasteiger partial charge is 0.294 e. The molecular formula is C16H21N5O2. The van der Waals surface area contributed by atoms with Crippen molar-refractivity contribution >= 4 is 22.9 Å². The van der Waals surface area contributed by atoms with Crippen molar-refractivity contribution in [2.45, 2.75) is 19.8 Å². The van der Waals surface area contributed by atoms with Crippen LogP contribution in [0.4, 0.5) is 5.82 Å². The molecule has 1 saturated heterocycles. The van der Waals surface area contributed by atoms with E-state index >= 15 is 0 Å². The number of carbonyl (C=O) groups is 1. The van der Waals surface area contributed by atoms with Crippen molar-refractivity contribution in [2.75, 3.05) is 31.1 Å². The molecule has 0 bridgehead atoms. The minimum Gasteiger partial charge on any atom is -0.348 e. The third-order valence-corrected chi connectivity index (χ3v) is 4.20. The highest BCUT2D eigenvalue weighted by Gasteiger charge is 2.23. The van der Waals surface area contributed by atoms with E-state index in [0.29, 0.717) is 49.6 Å². The van der Waals surface area contributed by atoms with Crippen LogP contribution in [0.25, 0.3) is 11.2 Å². The van der Waals surface area contributed by atoms with Gasteiger partial charge in [0.15, 0.2) is 11.5 Å². The molecule has 1 aliphatic heterocycles. The summed E-state index contributed by atoms with van der Waals surface area (Å²) in [5.74, 6) is 0.631. The third kappa shape index (κ3) is 2.91. The Morgan fingerprint density at radius 3 is 2.70 bits per heavy atom. The van der Waals surface area contributed by atoms with Crippen LogP contribution in [0.15, 0.2) is 23.1 Å². The molecule has 3 heterocycles. The highest BCUT2D eigenvalue weighted by Crippen LogP contribution is 2.14. The molecule has 0 aliphatic carbocycles. The van der Waals surface area contributed by atoms with Gasteiger partial charge in [-0.25, -0.2) is 9.97 Å². The van der Waals surface area contributed by atoms with Gasteiger partial charge in [0.1, 0.15) is 5.52 Å². The van der Waals surface area contributed by atoms with E-state index in [2.05, 4.69) is 9.97 Å². The van der Waals surface area contributed by atoms with Crippen LogP contribution in [0.2, 0.25) is 0 Å². The molecule has 0 saturated carbocycles. The van der Waals surface area contributed by atoms with Crippen molar-refractivity contribution in [3.8, 4) is 0 Å². The van der Waals surface area contributed by atoms with Gasteiger partial charge in [0.2, 0.25) is 5.91 Å². The Morgan fingerprint density at radius 2 is 2.00 bits per heavy atom. The van der Waals surface area contributed by atoms with Crippen LogP contribution in [0, 0.1) is 0 Å². The van der Waals surface area contributed by atoms with Crippen molar-refractivity contribution in [3.63, 3.8) is 0 Å². The van der Waals surface area contributed by atoms with Crippen LogP contribution in [0.1, 0.15) is 19.8 Å². The molecule has 0 unspecified atom stereocenters. The second-order valence-corrected chi connectivity index (χ2v) is 5.76. The number of hydrogen-bond acceptors (Lipinski definition) is 5. The zero-order valence-electron chi connectivity index (χ0n) is 13.5. The van der Waals surface area contributed by atoms with E-state index in [1.807, 2.05) is 28.9 Å². The van der Waals surface area contributed by atoms with Gasteiger partial charge in [0.05, 0.1) is 0 Å². The Kier molecular flexibility index (Phi) is 4.27. The van der Waals surface area contributed by atoms with Gasteiger partial charge in [-0.3, -0.25) is 14.2 Å². The Balaban J connectivity index is 1.84. The summed E-state index contributed by atoms with van der Waals surface area (Å²) in [7, 11) is 1.71. The quantitative estimate of drug-likeness (QED) is 0.837. The highest BCUT2D eigenvalue weighted by molar-refractivity contribution is 5.76. The first-order chi connectivity index (χ1) is 11.1. The van der Waals surface area contributed by atoms with Gasteiger partial charge in [0, 0.05) is 45.8 Å². The van der Waals surface area contributed by atoms with E-state index in [9.17, 15) is 9.59 Å². The SMILES string of the molecule is CCCC(=O)N1CCN(c2nc3cccnc3n(C)c2=O)CC1. The fourth-order valence-corrected chi connectivity index (χ4v) is 2.89. The molecule has 7 nitrogen and oxygen atoms in total. The average molecular weight is 315 g/mol.